The van der Waals surface area contributed by atoms with Gasteiger partial charge in [0.05, 0.1) is 27.0 Å². The Bertz CT molecular complexity index is 1210. The van der Waals surface area contributed by atoms with Crippen molar-refractivity contribution in [3.8, 4) is 5.75 Å². The molecule has 0 spiro atoms. The van der Waals surface area contributed by atoms with Crippen LogP contribution in [0.25, 0.3) is 10.2 Å². The predicted molar refractivity (Wildman–Crippen MR) is 113 cm³/mol. The topological polar surface area (TPSA) is 59.5 Å². The summed E-state index contributed by atoms with van der Waals surface area (Å²) < 4.78 is 7.02. The smallest absolute Gasteiger partial charge is 0.266 e. The van der Waals surface area contributed by atoms with Crippen LogP contribution in [0.4, 0.5) is 5.69 Å². The Morgan fingerprint density at radius 2 is 1.62 bits per heavy atom. The molecule has 0 saturated carbocycles. The van der Waals surface area contributed by atoms with Gasteiger partial charge in [-0.25, -0.2) is 9.88 Å². The highest BCUT2D eigenvalue weighted by Crippen LogP contribution is 2.32. The Hall–Kier alpha value is -3.51. The van der Waals surface area contributed by atoms with E-state index in [2.05, 4.69) is 4.98 Å². The molecule has 0 saturated heterocycles. The maximum atomic E-state index is 12.7. The van der Waals surface area contributed by atoms with Gasteiger partial charge in [0.2, 0.25) is 0 Å². The molecule has 0 N–H and O–H groups in total. The van der Waals surface area contributed by atoms with Crippen LogP contribution in [0.15, 0.2) is 66.7 Å². The first kappa shape index (κ1) is 17.6. The Morgan fingerprint density at radius 1 is 0.931 bits per heavy atom. The van der Waals surface area contributed by atoms with E-state index in [0.29, 0.717) is 29.2 Å². The number of rotatable bonds is 4. The molecule has 2 heterocycles. The number of hydrogen-bond donors (Lipinski definition) is 0. The van der Waals surface area contributed by atoms with Crippen LogP contribution < -0.4 is 9.64 Å². The molecule has 1 aliphatic heterocycles. The molecule has 5 nitrogen and oxygen atoms in total. The first-order valence-electron chi connectivity index (χ1n) is 9.17. The van der Waals surface area contributed by atoms with Crippen molar-refractivity contribution in [2.45, 2.75) is 13.5 Å². The number of carbonyl (C=O) groups is 2. The maximum Gasteiger partial charge on any atom is 0.266 e. The van der Waals surface area contributed by atoms with Gasteiger partial charge in [-0.1, -0.05) is 24.3 Å². The third-order valence-corrected chi connectivity index (χ3v) is 5.91. The summed E-state index contributed by atoms with van der Waals surface area (Å²) in [6, 6.07) is 20.2. The molecule has 1 aliphatic rings. The number of carbonyl (C=O) groups excluding carboxylic acids is 2. The van der Waals surface area contributed by atoms with Gasteiger partial charge in [-0.15, -0.1) is 11.3 Å². The molecular formula is C23H16N2O3S. The Labute approximate surface area is 171 Å². The van der Waals surface area contributed by atoms with Crippen LogP contribution in [-0.2, 0) is 6.61 Å². The molecule has 5 rings (SSSR count). The average Bonchev–Trinajstić information content (AvgIpc) is 3.26. The highest BCUT2D eigenvalue weighted by molar-refractivity contribution is 7.18. The molecule has 0 unspecified atom stereocenters. The van der Waals surface area contributed by atoms with Gasteiger partial charge in [0.25, 0.3) is 11.8 Å². The molecule has 3 aromatic carbocycles. The van der Waals surface area contributed by atoms with Crippen molar-refractivity contribution < 1.29 is 14.3 Å². The van der Waals surface area contributed by atoms with Crippen molar-refractivity contribution in [1.82, 2.24) is 4.98 Å². The van der Waals surface area contributed by atoms with E-state index in [1.807, 2.05) is 37.3 Å². The summed E-state index contributed by atoms with van der Waals surface area (Å²) in [5.41, 5.74) is 3.21. The number of hydrogen-bond acceptors (Lipinski definition) is 5. The lowest BCUT2D eigenvalue weighted by Gasteiger charge is -2.17. The zero-order valence-electron chi connectivity index (χ0n) is 15.6. The van der Waals surface area contributed by atoms with Crippen molar-refractivity contribution in [3.05, 3.63) is 88.4 Å². The first-order chi connectivity index (χ1) is 14.1. The molecule has 0 fully saturated rings. The number of thiazole rings is 1. The van der Waals surface area contributed by atoms with Crippen molar-refractivity contribution in [1.29, 1.82) is 0 Å². The minimum absolute atomic E-state index is 0.295. The van der Waals surface area contributed by atoms with E-state index >= 15 is 0 Å². The lowest BCUT2D eigenvalue weighted by molar-refractivity contribution is 0.0926. The number of nitrogens with zero attached hydrogens (tertiary/aromatic N) is 2. The third-order valence-electron chi connectivity index (χ3n) is 4.90. The normalized spacial score (nSPS) is 13.2. The van der Waals surface area contributed by atoms with Gasteiger partial charge in [-0.3, -0.25) is 9.59 Å². The largest absolute Gasteiger partial charge is 0.486 e. The van der Waals surface area contributed by atoms with Gasteiger partial charge in [0.15, 0.2) is 0 Å². The summed E-state index contributed by atoms with van der Waals surface area (Å²) in [7, 11) is 0. The second-order valence-electron chi connectivity index (χ2n) is 6.80. The van der Waals surface area contributed by atoms with E-state index < -0.39 is 0 Å². The van der Waals surface area contributed by atoms with Crippen LogP contribution in [0.1, 0.15) is 31.3 Å². The molecular weight excluding hydrogens is 384 g/mol. The van der Waals surface area contributed by atoms with Crippen LogP contribution in [0.3, 0.4) is 0 Å². The zero-order chi connectivity index (χ0) is 20.0. The SMILES string of the molecule is Cc1cc(OCc2nc3ccccc3s2)ccc1N1C(=O)c2ccccc2C1=O. The number of aryl methyl sites for hydroxylation is 1. The van der Waals surface area contributed by atoms with Gasteiger partial charge >= 0.3 is 0 Å². The molecule has 0 bridgehead atoms. The Balaban J connectivity index is 1.37. The van der Waals surface area contributed by atoms with Crippen molar-refractivity contribution in [2.24, 2.45) is 0 Å². The van der Waals surface area contributed by atoms with E-state index in [9.17, 15) is 9.59 Å². The van der Waals surface area contributed by atoms with Crippen LogP contribution in [0, 0.1) is 6.92 Å². The minimum atomic E-state index is -0.295. The molecule has 0 atom stereocenters. The third kappa shape index (κ3) is 2.98. The number of para-hydroxylation sites is 1. The summed E-state index contributed by atoms with van der Waals surface area (Å²) in [6.45, 7) is 2.23. The summed E-state index contributed by atoms with van der Waals surface area (Å²) in [4.78, 5) is 31.2. The van der Waals surface area contributed by atoms with E-state index in [1.54, 1.807) is 47.7 Å². The fourth-order valence-electron chi connectivity index (χ4n) is 3.50. The average molecular weight is 400 g/mol. The summed E-state index contributed by atoms with van der Waals surface area (Å²) in [6.07, 6.45) is 0. The highest BCUT2D eigenvalue weighted by atomic mass is 32.1. The molecule has 1 aromatic heterocycles. The number of amides is 2. The highest BCUT2D eigenvalue weighted by Gasteiger charge is 2.36. The Morgan fingerprint density at radius 3 is 2.31 bits per heavy atom. The lowest BCUT2D eigenvalue weighted by atomic mass is 10.1. The standard InChI is InChI=1S/C23H16N2O3S/c1-14-12-15(28-13-21-24-18-8-4-5-9-20(18)29-21)10-11-19(14)25-22(26)16-6-2-3-7-17(16)23(25)27/h2-12H,13H2,1H3. The van der Waals surface area contributed by atoms with Crippen molar-refractivity contribution in [2.75, 3.05) is 4.90 Å². The van der Waals surface area contributed by atoms with Crippen molar-refractivity contribution >= 4 is 39.1 Å². The predicted octanol–water partition coefficient (Wildman–Crippen LogP) is 4.98. The van der Waals surface area contributed by atoms with Gasteiger partial charge in [0, 0.05) is 0 Å². The second kappa shape index (κ2) is 6.83. The van der Waals surface area contributed by atoms with Crippen LogP contribution in [0.5, 0.6) is 5.75 Å². The number of fused-ring (bicyclic) bond motifs is 2. The van der Waals surface area contributed by atoms with Gasteiger partial charge < -0.3 is 4.74 Å². The molecule has 142 valence electrons. The molecule has 0 aliphatic carbocycles. The first-order valence-corrected chi connectivity index (χ1v) is 9.99. The molecule has 6 heteroatoms. The van der Waals surface area contributed by atoms with E-state index in [1.165, 1.54) is 4.90 Å². The number of anilines is 1. The molecule has 0 radical (unpaired) electrons. The molecule has 2 amide bonds. The van der Waals surface area contributed by atoms with Crippen LogP contribution in [-0.4, -0.2) is 16.8 Å². The fraction of sp³-hybridized carbons (Fsp3) is 0.0870. The monoisotopic (exact) mass is 400 g/mol. The summed E-state index contributed by atoms with van der Waals surface area (Å²) in [5.74, 6) is 0.0794. The van der Waals surface area contributed by atoms with Crippen LogP contribution in [0.2, 0.25) is 0 Å². The lowest BCUT2D eigenvalue weighted by Crippen LogP contribution is -2.30. The summed E-state index contributed by atoms with van der Waals surface area (Å²) in [5, 5.41) is 0.897. The Kier molecular flexibility index (Phi) is 4.14. The van der Waals surface area contributed by atoms with E-state index in [0.717, 1.165) is 20.8 Å². The number of benzene rings is 3. The molecule has 29 heavy (non-hydrogen) atoms. The quantitative estimate of drug-likeness (QED) is 0.453. The second-order valence-corrected chi connectivity index (χ2v) is 7.92. The number of aromatic nitrogens is 1. The number of imide groups is 1. The van der Waals surface area contributed by atoms with Crippen LogP contribution >= 0.6 is 11.3 Å². The summed E-state index contributed by atoms with van der Waals surface area (Å²) >= 11 is 1.60. The fourth-order valence-corrected chi connectivity index (χ4v) is 4.38. The minimum Gasteiger partial charge on any atom is -0.486 e. The van der Waals surface area contributed by atoms with Gasteiger partial charge in [0.1, 0.15) is 17.4 Å². The maximum absolute atomic E-state index is 12.7. The van der Waals surface area contributed by atoms with Gasteiger partial charge in [-0.2, -0.15) is 0 Å². The van der Waals surface area contributed by atoms with Gasteiger partial charge in [-0.05, 0) is 55.0 Å². The van der Waals surface area contributed by atoms with E-state index in [4.69, 9.17) is 4.74 Å². The van der Waals surface area contributed by atoms with E-state index in [-0.39, 0.29) is 11.8 Å². The molecule has 4 aromatic rings. The number of ether oxygens (including phenoxy) is 1. The van der Waals surface area contributed by atoms with Crippen molar-refractivity contribution in [3.63, 3.8) is 0 Å². The zero-order valence-corrected chi connectivity index (χ0v) is 16.4.